The Kier molecular flexibility index (Phi) is 3.75. The molecule has 2 rings (SSSR count). The summed E-state index contributed by atoms with van der Waals surface area (Å²) in [5.74, 6) is -2.25. The smallest absolute Gasteiger partial charge is 0.228 e. The van der Waals surface area contributed by atoms with Gasteiger partial charge in [0.15, 0.2) is 11.6 Å². The van der Waals surface area contributed by atoms with Gasteiger partial charge in [-0.3, -0.25) is 4.79 Å². The van der Waals surface area contributed by atoms with Gasteiger partial charge in [-0.2, -0.15) is 0 Å². The lowest BCUT2D eigenvalue weighted by atomic mass is 10.1. The van der Waals surface area contributed by atoms with Gasteiger partial charge in [-0.25, -0.2) is 8.78 Å². The Bertz CT molecular complexity index is 614. The molecule has 0 saturated heterocycles. The predicted octanol–water partition coefficient (Wildman–Crippen LogP) is 2.73. The number of nitrogens with two attached hydrogens (primary N) is 1. The van der Waals surface area contributed by atoms with E-state index in [1.54, 1.807) is 24.3 Å². The third-order valence-corrected chi connectivity index (χ3v) is 2.58. The average molecular weight is 262 g/mol. The molecule has 0 heterocycles. The number of hydrogen-bond donors (Lipinski definition) is 2. The van der Waals surface area contributed by atoms with Gasteiger partial charge in [-0.15, -0.1) is 0 Å². The Morgan fingerprint density at radius 1 is 1.11 bits per heavy atom. The van der Waals surface area contributed by atoms with E-state index in [0.717, 1.165) is 12.1 Å². The Morgan fingerprint density at radius 3 is 2.53 bits per heavy atom. The van der Waals surface area contributed by atoms with Crippen molar-refractivity contribution in [2.45, 2.75) is 6.42 Å². The highest BCUT2D eigenvalue weighted by atomic mass is 19.2. The molecule has 3 N–H and O–H groups in total. The molecule has 3 nitrogen and oxygen atoms in total. The maximum Gasteiger partial charge on any atom is 0.228 e. The van der Waals surface area contributed by atoms with E-state index in [0.29, 0.717) is 16.9 Å². The van der Waals surface area contributed by atoms with Crippen molar-refractivity contribution in [3.63, 3.8) is 0 Å². The van der Waals surface area contributed by atoms with Crippen molar-refractivity contribution in [3.05, 3.63) is 59.7 Å². The molecule has 0 aliphatic heterocycles. The third-order valence-electron chi connectivity index (χ3n) is 2.58. The molecule has 0 aliphatic carbocycles. The highest BCUT2D eigenvalue weighted by molar-refractivity contribution is 5.95. The molecule has 0 bridgehead atoms. The number of para-hydroxylation sites is 2. The van der Waals surface area contributed by atoms with Gasteiger partial charge in [0.25, 0.3) is 0 Å². The second-order valence-electron chi connectivity index (χ2n) is 4.06. The van der Waals surface area contributed by atoms with E-state index in [1.807, 2.05) is 0 Å². The first-order valence-electron chi connectivity index (χ1n) is 5.64. The molecule has 0 aliphatic rings. The second-order valence-corrected chi connectivity index (χ2v) is 4.06. The van der Waals surface area contributed by atoms with Crippen molar-refractivity contribution >= 4 is 17.3 Å². The summed E-state index contributed by atoms with van der Waals surface area (Å²) in [7, 11) is 0. The van der Waals surface area contributed by atoms with Gasteiger partial charge in [0.2, 0.25) is 5.91 Å². The van der Waals surface area contributed by atoms with Crippen molar-refractivity contribution in [2.24, 2.45) is 0 Å². The van der Waals surface area contributed by atoms with Gasteiger partial charge in [0.1, 0.15) is 0 Å². The largest absolute Gasteiger partial charge is 0.397 e. The molecule has 0 saturated carbocycles. The zero-order chi connectivity index (χ0) is 13.8. The van der Waals surface area contributed by atoms with Crippen LogP contribution in [0.15, 0.2) is 42.5 Å². The third kappa shape index (κ3) is 3.28. The van der Waals surface area contributed by atoms with Crippen LogP contribution in [0.25, 0.3) is 0 Å². The summed E-state index contributed by atoms with van der Waals surface area (Å²) in [6.45, 7) is 0. The van der Waals surface area contributed by atoms with E-state index in [1.165, 1.54) is 6.07 Å². The minimum Gasteiger partial charge on any atom is -0.397 e. The maximum absolute atomic E-state index is 13.0. The van der Waals surface area contributed by atoms with Crippen molar-refractivity contribution in [3.8, 4) is 0 Å². The lowest BCUT2D eigenvalue weighted by molar-refractivity contribution is -0.115. The SMILES string of the molecule is Nc1ccccc1NC(=O)Cc1ccc(F)c(F)c1. The maximum atomic E-state index is 13.0. The molecular weight excluding hydrogens is 250 g/mol. The topological polar surface area (TPSA) is 55.1 Å². The van der Waals surface area contributed by atoms with Gasteiger partial charge in [0.05, 0.1) is 17.8 Å². The fraction of sp³-hybridized carbons (Fsp3) is 0.0714. The van der Waals surface area contributed by atoms with Gasteiger partial charge < -0.3 is 11.1 Å². The zero-order valence-electron chi connectivity index (χ0n) is 9.99. The molecule has 0 fully saturated rings. The Morgan fingerprint density at radius 2 is 1.84 bits per heavy atom. The zero-order valence-corrected chi connectivity index (χ0v) is 9.99. The van der Waals surface area contributed by atoms with Gasteiger partial charge in [-0.05, 0) is 29.8 Å². The molecule has 2 aromatic rings. The second kappa shape index (κ2) is 5.48. The van der Waals surface area contributed by atoms with E-state index in [4.69, 9.17) is 5.73 Å². The van der Waals surface area contributed by atoms with Crippen LogP contribution in [0.2, 0.25) is 0 Å². The quantitative estimate of drug-likeness (QED) is 0.836. The van der Waals surface area contributed by atoms with E-state index in [2.05, 4.69) is 5.32 Å². The fourth-order valence-corrected chi connectivity index (χ4v) is 1.64. The number of carbonyl (C=O) groups is 1. The van der Waals surface area contributed by atoms with Crippen LogP contribution in [0, 0.1) is 11.6 Å². The first-order chi connectivity index (χ1) is 9.06. The van der Waals surface area contributed by atoms with Crippen LogP contribution in [-0.2, 0) is 11.2 Å². The van der Waals surface area contributed by atoms with E-state index >= 15 is 0 Å². The first kappa shape index (κ1) is 13.0. The molecule has 5 heteroatoms. The number of nitrogens with one attached hydrogen (secondary N) is 1. The van der Waals surface area contributed by atoms with Crippen LogP contribution in [0.1, 0.15) is 5.56 Å². The fourth-order valence-electron chi connectivity index (χ4n) is 1.64. The van der Waals surface area contributed by atoms with Crippen LogP contribution in [0.4, 0.5) is 20.2 Å². The van der Waals surface area contributed by atoms with Crippen molar-refractivity contribution in [1.29, 1.82) is 0 Å². The minimum atomic E-state index is -0.968. The summed E-state index contributed by atoms with van der Waals surface area (Å²) in [6.07, 6.45) is -0.0501. The molecular formula is C14H12F2N2O. The van der Waals surface area contributed by atoms with Gasteiger partial charge in [0, 0.05) is 0 Å². The average Bonchev–Trinajstić information content (AvgIpc) is 2.37. The van der Waals surface area contributed by atoms with Crippen LogP contribution in [-0.4, -0.2) is 5.91 Å². The lowest BCUT2D eigenvalue weighted by Crippen LogP contribution is -2.15. The van der Waals surface area contributed by atoms with Crippen LogP contribution in [0.3, 0.4) is 0 Å². The predicted molar refractivity (Wildman–Crippen MR) is 69.5 cm³/mol. The Labute approximate surface area is 109 Å². The highest BCUT2D eigenvalue weighted by Crippen LogP contribution is 2.17. The van der Waals surface area contributed by atoms with Crippen LogP contribution in [0.5, 0.6) is 0 Å². The van der Waals surface area contributed by atoms with E-state index in [9.17, 15) is 13.6 Å². The highest BCUT2D eigenvalue weighted by Gasteiger charge is 2.08. The summed E-state index contributed by atoms with van der Waals surface area (Å²) in [6, 6.07) is 10.2. The number of amides is 1. The molecule has 2 aromatic carbocycles. The summed E-state index contributed by atoms with van der Waals surface area (Å²) in [4.78, 5) is 11.7. The minimum absolute atomic E-state index is 0.0501. The monoisotopic (exact) mass is 262 g/mol. The summed E-state index contributed by atoms with van der Waals surface area (Å²) >= 11 is 0. The lowest BCUT2D eigenvalue weighted by Gasteiger charge is -2.08. The Balaban J connectivity index is 2.05. The summed E-state index contributed by atoms with van der Waals surface area (Å²) < 4.78 is 25.7. The number of rotatable bonds is 3. The van der Waals surface area contributed by atoms with Gasteiger partial charge in [-0.1, -0.05) is 18.2 Å². The number of nitrogen functional groups attached to an aromatic ring is 1. The van der Waals surface area contributed by atoms with Crippen molar-refractivity contribution < 1.29 is 13.6 Å². The molecule has 0 spiro atoms. The normalized spacial score (nSPS) is 10.2. The number of hydrogen-bond acceptors (Lipinski definition) is 2. The molecule has 0 unspecified atom stereocenters. The molecule has 0 radical (unpaired) electrons. The molecule has 98 valence electrons. The Hall–Kier alpha value is -2.43. The molecule has 0 atom stereocenters. The van der Waals surface area contributed by atoms with Crippen molar-refractivity contribution in [2.75, 3.05) is 11.1 Å². The molecule has 1 amide bonds. The van der Waals surface area contributed by atoms with E-state index in [-0.39, 0.29) is 12.3 Å². The van der Waals surface area contributed by atoms with Crippen LogP contribution >= 0.6 is 0 Å². The molecule has 19 heavy (non-hydrogen) atoms. The van der Waals surface area contributed by atoms with Crippen LogP contribution < -0.4 is 11.1 Å². The number of carbonyl (C=O) groups excluding carboxylic acids is 1. The first-order valence-corrected chi connectivity index (χ1v) is 5.64. The number of anilines is 2. The number of halogens is 2. The van der Waals surface area contributed by atoms with Crippen molar-refractivity contribution in [1.82, 2.24) is 0 Å². The molecule has 0 aromatic heterocycles. The van der Waals surface area contributed by atoms with E-state index < -0.39 is 11.6 Å². The summed E-state index contributed by atoms with van der Waals surface area (Å²) in [5.41, 5.74) is 7.02. The summed E-state index contributed by atoms with van der Waals surface area (Å²) in [5, 5.41) is 2.61. The number of benzene rings is 2. The standard InChI is InChI=1S/C14H12F2N2O/c15-10-6-5-9(7-11(10)16)8-14(19)18-13-4-2-1-3-12(13)17/h1-7H,8,17H2,(H,18,19). The van der Waals surface area contributed by atoms with Gasteiger partial charge >= 0.3 is 0 Å².